The number of nitrogens with one attached hydrogen (secondary N) is 1. The Hall–Kier alpha value is -1.76. The van der Waals surface area contributed by atoms with Gasteiger partial charge in [-0.1, -0.05) is 34.1 Å². The summed E-state index contributed by atoms with van der Waals surface area (Å²) in [5.74, 6) is -1.06. The molecule has 156 valence electrons. The lowest BCUT2D eigenvalue weighted by atomic mass is 9.38. The number of aliphatic hydroxyl groups is 1. The first kappa shape index (κ1) is 19.0. The van der Waals surface area contributed by atoms with Crippen molar-refractivity contribution in [1.82, 2.24) is 9.88 Å². The molecule has 3 aromatic rings. The number of fused-ring (bicyclic) bond motifs is 3. The number of rotatable bonds is 3. The molecule has 1 aromatic heterocycles. The topological polar surface area (TPSA) is 39.3 Å². The summed E-state index contributed by atoms with van der Waals surface area (Å²) in [6.45, 7) is 2.36. The molecule has 1 aliphatic heterocycles. The van der Waals surface area contributed by atoms with E-state index in [9.17, 15) is 5.11 Å². The molecule has 3 fully saturated rings. The standard InChI is InChI=1S/C24H23BrF2N2O/c1-13-6-16-15-4-2-3-5-19(15)28-21(16)22(20-17(26)7-14(25)8-18(20)27)29(13)24-9-23(10-24,11-24)12-30/h2-5,7-8,13,22,28,30H,6,9-12H2,1H3/t13-,22-,23?,24?/m1/s1. The molecule has 0 unspecified atom stereocenters. The highest BCUT2D eigenvalue weighted by molar-refractivity contribution is 9.10. The molecule has 2 N–H and O–H groups in total. The molecule has 0 radical (unpaired) electrons. The van der Waals surface area contributed by atoms with E-state index < -0.39 is 17.7 Å². The molecule has 2 heterocycles. The van der Waals surface area contributed by atoms with Crippen LogP contribution < -0.4 is 0 Å². The number of nitrogens with zero attached hydrogens (tertiary/aromatic N) is 1. The number of halogens is 3. The third-order valence-electron chi connectivity index (χ3n) is 7.69. The number of hydrogen-bond acceptors (Lipinski definition) is 2. The molecule has 0 spiro atoms. The largest absolute Gasteiger partial charge is 0.396 e. The highest BCUT2D eigenvalue weighted by Crippen LogP contribution is 2.72. The average Bonchev–Trinajstić information content (AvgIpc) is 2.99. The molecule has 0 saturated heterocycles. The van der Waals surface area contributed by atoms with E-state index in [0.29, 0.717) is 4.47 Å². The van der Waals surface area contributed by atoms with Gasteiger partial charge in [-0.3, -0.25) is 4.90 Å². The Bertz CT molecular complexity index is 1150. The second-order valence-corrected chi connectivity index (χ2v) is 10.5. The summed E-state index contributed by atoms with van der Waals surface area (Å²) in [5.41, 5.74) is 3.10. The molecule has 6 heteroatoms. The number of benzene rings is 2. The van der Waals surface area contributed by atoms with Gasteiger partial charge in [-0.25, -0.2) is 8.78 Å². The molecular weight excluding hydrogens is 450 g/mol. The Balaban J connectivity index is 1.57. The minimum Gasteiger partial charge on any atom is -0.396 e. The normalized spacial score (nSPS) is 32.6. The van der Waals surface area contributed by atoms with Gasteiger partial charge in [-0.05, 0) is 61.8 Å². The van der Waals surface area contributed by atoms with Crippen molar-refractivity contribution in [2.75, 3.05) is 6.61 Å². The van der Waals surface area contributed by atoms with E-state index in [0.717, 1.165) is 47.8 Å². The maximum Gasteiger partial charge on any atom is 0.132 e. The van der Waals surface area contributed by atoms with E-state index in [4.69, 9.17) is 0 Å². The van der Waals surface area contributed by atoms with Gasteiger partial charge in [-0.15, -0.1) is 0 Å². The van der Waals surface area contributed by atoms with Crippen molar-refractivity contribution in [3.05, 3.63) is 69.3 Å². The van der Waals surface area contributed by atoms with Gasteiger partial charge < -0.3 is 10.1 Å². The number of para-hydroxylation sites is 1. The van der Waals surface area contributed by atoms with E-state index in [-0.39, 0.29) is 29.2 Å². The van der Waals surface area contributed by atoms with Crippen LogP contribution in [0, 0.1) is 17.0 Å². The van der Waals surface area contributed by atoms with Gasteiger partial charge in [0.05, 0.1) is 6.04 Å². The van der Waals surface area contributed by atoms with Crippen LogP contribution in [0.2, 0.25) is 0 Å². The molecule has 3 saturated carbocycles. The first-order valence-electron chi connectivity index (χ1n) is 10.5. The van der Waals surface area contributed by atoms with Gasteiger partial charge >= 0.3 is 0 Å². The average molecular weight is 473 g/mol. The van der Waals surface area contributed by atoms with Crippen LogP contribution in [0.25, 0.3) is 10.9 Å². The number of aromatic amines is 1. The van der Waals surface area contributed by atoms with Gasteiger partial charge in [0.2, 0.25) is 0 Å². The first-order valence-corrected chi connectivity index (χ1v) is 11.3. The van der Waals surface area contributed by atoms with Crippen LogP contribution in [0.5, 0.6) is 0 Å². The number of aromatic nitrogens is 1. The first-order chi connectivity index (χ1) is 14.4. The number of hydrogen-bond donors (Lipinski definition) is 2. The molecule has 3 aliphatic carbocycles. The molecule has 30 heavy (non-hydrogen) atoms. The SMILES string of the molecule is C[C@@H]1Cc2c([nH]c3ccccc23)[C@@H](c2c(F)cc(Br)cc2F)N1C12CC(CO)(C1)C2. The van der Waals surface area contributed by atoms with Crippen LogP contribution in [0.15, 0.2) is 40.9 Å². The molecule has 7 rings (SSSR count). The predicted octanol–water partition coefficient (Wildman–Crippen LogP) is 5.46. The van der Waals surface area contributed by atoms with Crippen molar-refractivity contribution in [2.24, 2.45) is 5.41 Å². The van der Waals surface area contributed by atoms with Crippen molar-refractivity contribution in [3.63, 3.8) is 0 Å². The van der Waals surface area contributed by atoms with Crippen LogP contribution in [0.1, 0.15) is 49.0 Å². The monoisotopic (exact) mass is 472 g/mol. The zero-order valence-electron chi connectivity index (χ0n) is 16.7. The smallest absolute Gasteiger partial charge is 0.132 e. The quantitative estimate of drug-likeness (QED) is 0.531. The number of H-pyrrole nitrogens is 1. The summed E-state index contributed by atoms with van der Waals surface area (Å²) in [4.78, 5) is 5.85. The van der Waals surface area contributed by atoms with E-state index in [1.165, 1.54) is 12.1 Å². The van der Waals surface area contributed by atoms with Crippen LogP contribution in [-0.2, 0) is 6.42 Å². The van der Waals surface area contributed by atoms with Crippen molar-refractivity contribution < 1.29 is 13.9 Å². The minimum absolute atomic E-state index is 0.0157. The van der Waals surface area contributed by atoms with Crippen LogP contribution in [0.4, 0.5) is 8.78 Å². The molecule has 2 atom stereocenters. The third kappa shape index (κ3) is 2.36. The zero-order valence-corrected chi connectivity index (χ0v) is 18.3. The van der Waals surface area contributed by atoms with Crippen molar-refractivity contribution in [3.8, 4) is 0 Å². The Labute approximate surface area is 182 Å². The van der Waals surface area contributed by atoms with E-state index in [2.05, 4.69) is 38.8 Å². The van der Waals surface area contributed by atoms with Gasteiger partial charge in [0.25, 0.3) is 0 Å². The lowest BCUT2D eigenvalue weighted by Crippen LogP contribution is -2.77. The second-order valence-electron chi connectivity index (χ2n) is 9.62. The maximum absolute atomic E-state index is 15.3. The van der Waals surface area contributed by atoms with Crippen molar-refractivity contribution in [2.45, 2.75) is 50.2 Å². The van der Waals surface area contributed by atoms with Crippen molar-refractivity contribution >= 4 is 26.8 Å². The summed E-state index contributed by atoms with van der Waals surface area (Å²) in [6.07, 6.45) is 3.52. The maximum atomic E-state index is 15.3. The Morgan fingerprint density at radius 3 is 2.50 bits per heavy atom. The molecule has 4 aliphatic rings. The van der Waals surface area contributed by atoms with Gasteiger partial charge in [-0.2, -0.15) is 0 Å². The highest BCUT2D eigenvalue weighted by Gasteiger charge is 2.71. The summed E-state index contributed by atoms with van der Waals surface area (Å²) in [7, 11) is 0. The van der Waals surface area contributed by atoms with Gasteiger partial charge in [0.1, 0.15) is 11.6 Å². The Morgan fingerprint density at radius 1 is 1.17 bits per heavy atom. The van der Waals surface area contributed by atoms with E-state index >= 15 is 8.78 Å². The highest BCUT2D eigenvalue weighted by atomic mass is 79.9. The Morgan fingerprint density at radius 2 is 1.83 bits per heavy atom. The van der Waals surface area contributed by atoms with Gasteiger partial charge in [0, 0.05) is 44.8 Å². The third-order valence-corrected chi connectivity index (χ3v) is 8.14. The summed E-state index contributed by atoms with van der Waals surface area (Å²) in [6, 6.07) is 10.4. The van der Waals surface area contributed by atoms with Crippen molar-refractivity contribution in [1.29, 1.82) is 0 Å². The lowest BCUT2D eigenvalue weighted by molar-refractivity contribution is -0.254. The molecular formula is C24H23BrF2N2O. The fourth-order valence-corrected chi connectivity index (χ4v) is 7.08. The lowest BCUT2D eigenvalue weighted by Gasteiger charge is -2.76. The van der Waals surface area contributed by atoms with Crippen LogP contribution >= 0.6 is 15.9 Å². The number of aliphatic hydroxyl groups excluding tert-OH is 1. The summed E-state index contributed by atoms with van der Waals surface area (Å²) >= 11 is 3.22. The summed E-state index contributed by atoms with van der Waals surface area (Å²) < 4.78 is 30.9. The Kier molecular flexibility index (Phi) is 3.89. The molecule has 3 nitrogen and oxygen atoms in total. The minimum atomic E-state index is -0.529. The zero-order chi connectivity index (χ0) is 20.8. The summed E-state index contributed by atoms with van der Waals surface area (Å²) in [5, 5.41) is 10.9. The molecule has 0 amide bonds. The van der Waals surface area contributed by atoms with Crippen LogP contribution in [0.3, 0.4) is 0 Å². The van der Waals surface area contributed by atoms with Gasteiger partial charge in [0.15, 0.2) is 0 Å². The van der Waals surface area contributed by atoms with E-state index in [1.54, 1.807) is 0 Å². The van der Waals surface area contributed by atoms with E-state index in [1.807, 2.05) is 18.2 Å². The molecule has 2 bridgehead atoms. The fourth-order valence-electron chi connectivity index (χ4n) is 6.68. The molecule has 2 aromatic carbocycles. The second kappa shape index (κ2) is 6.15. The van der Waals surface area contributed by atoms with Crippen LogP contribution in [-0.4, -0.2) is 33.2 Å². The predicted molar refractivity (Wildman–Crippen MR) is 115 cm³/mol. The fraction of sp³-hybridized carbons (Fsp3) is 0.417.